The van der Waals surface area contributed by atoms with Gasteiger partial charge in [0.25, 0.3) is 0 Å². The second kappa shape index (κ2) is 12.1. The van der Waals surface area contributed by atoms with Crippen molar-refractivity contribution in [3.8, 4) is 0 Å². The highest BCUT2D eigenvalue weighted by Crippen LogP contribution is 2.10. The van der Waals surface area contributed by atoms with Crippen LogP contribution in [-0.2, 0) is 9.53 Å². The van der Waals surface area contributed by atoms with Crippen LogP contribution in [0.2, 0.25) is 0 Å². The lowest BCUT2D eigenvalue weighted by atomic mass is 10.0. The van der Waals surface area contributed by atoms with Crippen molar-refractivity contribution in [2.24, 2.45) is 0 Å². The third-order valence-electron chi connectivity index (χ3n) is 3.05. The molecule has 0 bridgehead atoms. The molecule has 0 heterocycles. The second-order valence-corrected chi connectivity index (χ2v) is 4.65. The third-order valence-corrected chi connectivity index (χ3v) is 3.05. The lowest BCUT2D eigenvalue weighted by Gasteiger charge is -2.10. The summed E-state index contributed by atoms with van der Waals surface area (Å²) in [6, 6.07) is 0. The molecule has 0 aromatic carbocycles. The first-order chi connectivity index (χ1) is 8.24. The number of ether oxygens (including phenoxy) is 1. The van der Waals surface area contributed by atoms with Crippen LogP contribution in [0, 0.1) is 0 Å². The molecule has 0 saturated carbocycles. The number of unbranched alkanes of at least 4 members (excludes halogenated alkanes) is 6. The first kappa shape index (κ1) is 16.6. The van der Waals surface area contributed by atoms with Gasteiger partial charge in [0, 0.05) is 20.0 Å². The number of hydrogen-bond acceptors (Lipinski definition) is 3. The van der Waals surface area contributed by atoms with Crippen molar-refractivity contribution in [1.29, 1.82) is 0 Å². The molecule has 3 nitrogen and oxygen atoms in total. The van der Waals surface area contributed by atoms with E-state index in [-0.39, 0.29) is 18.5 Å². The normalized spacial score (nSPS) is 12.6. The van der Waals surface area contributed by atoms with Crippen molar-refractivity contribution >= 4 is 5.78 Å². The second-order valence-electron chi connectivity index (χ2n) is 4.65. The fourth-order valence-corrected chi connectivity index (χ4v) is 1.86. The molecule has 0 radical (unpaired) electrons. The molecule has 102 valence electrons. The first-order valence-corrected chi connectivity index (χ1v) is 6.90. The Labute approximate surface area is 106 Å². The monoisotopic (exact) mass is 244 g/mol. The fourth-order valence-electron chi connectivity index (χ4n) is 1.86. The summed E-state index contributed by atoms with van der Waals surface area (Å²) in [5.74, 6) is 0.208. The van der Waals surface area contributed by atoms with E-state index in [0.717, 1.165) is 12.8 Å². The Bertz CT molecular complexity index is 176. The Kier molecular flexibility index (Phi) is 11.8. The van der Waals surface area contributed by atoms with E-state index in [0.29, 0.717) is 12.8 Å². The van der Waals surface area contributed by atoms with E-state index in [4.69, 9.17) is 9.84 Å². The maximum Gasteiger partial charge on any atom is 0.135 e. The lowest BCUT2D eigenvalue weighted by molar-refractivity contribution is -0.122. The average molecular weight is 244 g/mol. The van der Waals surface area contributed by atoms with E-state index in [1.807, 2.05) is 0 Å². The maximum absolute atomic E-state index is 11.5. The maximum atomic E-state index is 11.5. The number of Topliss-reactive ketones (excluding diaryl/α,β-unsaturated/α-hetero) is 1. The smallest absolute Gasteiger partial charge is 0.135 e. The number of methoxy groups -OCH3 is 1. The molecule has 0 spiro atoms. The van der Waals surface area contributed by atoms with Gasteiger partial charge < -0.3 is 9.84 Å². The molecule has 0 aromatic heterocycles. The number of carbonyl (C=O) groups excluding carboxylic acids is 1. The zero-order valence-corrected chi connectivity index (χ0v) is 11.4. The molecule has 0 fully saturated rings. The Balaban J connectivity index is 3.33. The highest BCUT2D eigenvalue weighted by atomic mass is 16.5. The van der Waals surface area contributed by atoms with Crippen molar-refractivity contribution in [2.75, 3.05) is 13.7 Å². The molecule has 0 aliphatic carbocycles. The van der Waals surface area contributed by atoms with Gasteiger partial charge in [-0.1, -0.05) is 45.4 Å². The van der Waals surface area contributed by atoms with Crippen molar-refractivity contribution < 1.29 is 14.6 Å². The van der Waals surface area contributed by atoms with Crippen LogP contribution in [0.1, 0.15) is 64.7 Å². The highest BCUT2D eigenvalue weighted by Gasteiger charge is 2.11. The molecule has 1 N–H and O–H groups in total. The van der Waals surface area contributed by atoms with E-state index in [1.54, 1.807) is 0 Å². The molecule has 0 aliphatic rings. The number of carbonyl (C=O) groups is 1. The largest absolute Gasteiger partial charge is 0.394 e. The van der Waals surface area contributed by atoms with Gasteiger partial charge in [0.1, 0.15) is 5.78 Å². The van der Waals surface area contributed by atoms with E-state index < -0.39 is 0 Å². The van der Waals surface area contributed by atoms with Crippen LogP contribution in [0.3, 0.4) is 0 Å². The Hall–Kier alpha value is -0.410. The van der Waals surface area contributed by atoms with Gasteiger partial charge >= 0.3 is 0 Å². The number of ketones is 1. The number of hydrogen-bond donors (Lipinski definition) is 1. The van der Waals surface area contributed by atoms with Crippen LogP contribution in [-0.4, -0.2) is 30.7 Å². The van der Waals surface area contributed by atoms with Crippen molar-refractivity contribution in [2.45, 2.75) is 70.8 Å². The minimum absolute atomic E-state index is 0.0702. The fraction of sp³-hybridized carbons (Fsp3) is 0.929. The van der Waals surface area contributed by atoms with E-state index in [1.165, 1.54) is 39.2 Å². The lowest BCUT2D eigenvalue weighted by Crippen LogP contribution is -2.19. The minimum Gasteiger partial charge on any atom is -0.394 e. The molecule has 0 aliphatic heterocycles. The summed E-state index contributed by atoms with van der Waals surface area (Å²) < 4.78 is 4.97. The molecular weight excluding hydrogens is 216 g/mol. The molecular formula is C14H28O3. The Morgan fingerprint density at radius 3 is 2.24 bits per heavy atom. The SMILES string of the molecule is CCCCCCCCCC(=O)CC(CO)OC. The highest BCUT2D eigenvalue weighted by molar-refractivity contribution is 5.78. The third kappa shape index (κ3) is 10.5. The molecule has 0 aromatic rings. The molecule has 1 atom stereocenters. The average Bonchev–Trinajstić information content (AvgIpc) is 2.34. The van der Waals surface area contributed by atoms with Crippen LogP contribution in [0.15, 0.2) is 0 Å². The summed E-state index contributed by atoms with van der Waals surface area (Å²) >= 11 is 0. The Morgan fingerprint density at radius 2 is 1.71 bits per heavy atom. The summed E-state index contributed by atoms with van der Waals surface area (Å²) in [5.41, 5.74) is 0. The van der Waals surface area contributed by atoms with Crippen molar-refractivity contribution in [3.63, 3.8) is 0 Å². The Morgan fingerprint density at radius 1 is 1.12 bits per heavy atom. The predicted octanol–water partition coefficient (Wildman–Crippen LogP) is 3.09. The number of aliphatic hydroxyl groups excluding tert-OH is 1. The van der Waals surface area contributed by atoms with Crippen LogP contribution >= 0.6 is 0 Å². The van der Waals surface area contributed by atoms with Gasteiger partial charge in [-0.2, -0.15) is 0 Å². The minimum atomic E-state index is -0.313. The van der Waals surface area contributed by atoms with Crippen LogP contribution in [0.5, 0.6) is 0 Å². The van der Waals surface area contributed by atoms with Crippen LogP contribution in [0.4, 0.5) is 0 Å². The zero-order valence-electron chi connectivity index (χ0n) is 11.4. The topological polar surface area (TPSA) is 46.5 Å². The van der Waals surface area contributed by atoms with Gasteiger partial charge in [-0.3, -0.25) is 4.79 Å². The van der Waals surface area contributed by atoms with Crippen LogP contribution in [0.25, 0.3) is 0 Å². The quantitative estimate of drug-likeness (QED) is 0.537. The van der Waals surface area contributed by atoms with E-state index >= 15 is 0 Å². The van der Waals surface area contributed by atoms with Crippen molar-refractivity contribution in [1.82, 2.24) is 0 Å². The van der Waals surface area contributed by atoms with Crippen LogP contribution < -0.4 is 0 Å². The zero-order chi connectivity index (χ0) is 12.9. The van der Waals surface area contributed by atoms with Gasteiger partial charge in [-0.15, -0.1) is 0 Å². The summed E-state index contributed by atoms with van der Waals surface area (Å²) in [4.78, 5) is 11.5. The predicted molar refractivity (Wildman–Crippen MR) is 70.1 cm³/mol. The van der Waals surface area contributed by atoms with E-state index in [9.17, 15) is 4.79 Å². The van der Waals surface area contributed by atoms with E-state index in [2.05, 4.69) is 6.92 Å². The van der Waals surface area contributed by atoms with Gasteiger partial charge in [0.2, 0.25) is 0 Å². The molecule has 1 unspecified atom stereocenters. The molecule has 3 heteroatoms. The first-order valence-electron chi connectivity index (χ1n) is 6.90. The number of rotatable bonds is 12. The van der Waals surface area contributed by atoms with Gasteiger partial charge in [0.05, 0.1) is 12.7 Å². The molecule has 0 amide bonds. The van der Waals surface area contributed by atoms with Gasteiger partial charge in [-0.05, 0) is 6.42 Å². The van der Waals surface area contributed by atoms with Gasteiger partial charge in [0.15, 0.2) is 0 Å². The summed E-state index contributed by atoms with van der Waals surface area (Å²) in [6.07, 6.45) is 9.24. The summed E-state index contributed by atoms with van der Waals surface area (Å²) in [7, 11) is 1.53. The summed E-state index contributed by atoms with van der Waals surface area (Å²) in [6.45, 7) is 2.14. The van der Waals surface area contributed by atoms with Gasteiger partial charge in [-0.25, -0.2) is 0 Å². The van der Waals surface area contributed by atoms with Crippen molar-refractivity contribution in [3.05, 3.63) is 0 Å². The summed E-state index contributed by atoms with van der Waals surface area (Å²) in [5, 5.41) is 8.89. The molecule has 0 rings (SSSR count). The molecule has 0 saturated heterocycles. The molecule has 17 heavy (non-hydrogen) atoms. The number of aliphatic hydroxyl groups is 1. The standard InChI is InChI=1S/C14H28O3/c1-3-4-5-6-7-8-9-10-13(16)11-14(12-15)17-2/h14-15H,3-12H2,1-2H3.